The Morgan fingerprint density at radius 1 is 1.32 bits per heavy atom. The number of benzene rings is 1. The molecule has 1 aromatic carbocycles. The van der Waals surface area contributed by atoms with Crippen molar-refractivity contribution in [3.63, 3.8) is 0 Å². The maximum absolute atomic E-state index is 11.5. The van der Waals surface area contributed by atoms with E-state index in [4.69, 9.17) is 23.2 Å². The number of likely N-dealkylation sites (N-methyl/N-ethyl adjacent to an activating group) is 1. The molecule has 0 unspecified atom stereocenters. The average molecular weight is 292 g/mol. The van der Waals surface area contributed by atoms with Crippen LogP contribution in [0.3, 0.4) is 0 Å². The first-order valence-corrected chi connectivity index (χ1v) is 6.67. The summed E-state index contributed by atoms with van der Waals surface area (Å²) in [5.41, 5.74) is 4.54. The molecule has 0 saturated heterocycles. The van der Waals surface area contributed by atoms with E-state index in [9.17, 15) is 4.79 Å². The molecule has 0 spiro atoms. The van der Waals surface area contributed by atoms with Crippen LogP contribution in [-0.4, -0.2) is 13.3 Å². The van der Waals surface area contributed by atoms with E-state index in [1.807, 2.05) is 36.2 Å². The average Bonchev–Trinajstić information content (AvgIpc) is 2.40. The summed E-state index contributed by atoms with van der Waals surface area (Å²) in [5, 5.41) is 1.35. The highest BCUT2D eigenvalue weighted by Gasteiger charge is 2.27. The molecule has 0 fully saturated rings. The zero-order chi connectivity index (χ0) is 13.6. The molecule has 0 aromatic heterocycles. The highest BCUT2D eigenvalue weighted by Crippen LogP contribution is 2.43. The first kappa shape index (κ1) is 12.5. The van der Waals surface area contributed by atoms with Crippen molar-refractivity contribution in [1.82, 2.24) is 0 Å². The fourth-order valence-corrected chi connectivity index (χ4v) is 2.91. The monoisotopic (exact) mass is 291 g/mol. The van der Waals surface area contributed by atoms with Gasteiger partial charge in [0.15, 0.2) is 6.29 Å². The van der Waals surface area contributed by atoms with Crippen LogP contribution in [0.25, 0.3) is 5.57 Å². The van der Waals surface area contributed by atoms with Crippen LogP contribution in [0.5, 0.6) is 0 Å². The summed E-state index contributed by atoms with van der Waals surface area (Å²) in [7, 11) is 1.96. The number of allylic oxidation sites excluding steroid dienone is 5. The van der Waals surface area contributed by atoms with Gasteiger partial charge in [0.25, 0.3) is 0 Å². The van der Waals surface area contributed by atoms with E-state index in [0.29, 0.717) is 16.5 Å². The summed E-state index contributed by atoms with van der Waals surface area (Å²) in [5.74, 6) is 0. The molecule has 4 heteroatoms. The zero-order valence-electron chi connectivity index (χ0n) is 10.3. The van der Waals surface area contributed by atoms with Crippen molar-refractivity contribution in [2.24, 2.45) is 0 Å². The minimum absolute atomic E-state index is 0.650. The highest BCUT2D eigenvalue weighted by molar-refractivity contribution is 6.32. The van der Waals surface area contributed by atoms with Gasteiger partial charge in [0.2, 0.25) is 0 Å². The lowest BCUT2D eigenvalue weighted by Gasteiger charge is -2.34. The number of nitrogens with zero attached hydrogens (tertiary/aromatic N) is 1. The molecule has 0 radical (unpaired) electrons. The van der Waals surface area contributed by atoms with E-state index in [1.54, 1.807) is 6.07 Å². The Balaban J connectivity index is 2.30. The SMILES string of the molecule is CN1C2=CC(Cl)=CCC2=C(C=O)c2ccc(Cl)cc21. The van der Waals surface area contributed by atoms with Gasteiger partial charge in [0, 0.05) is 33.9 Å². The molecular weight excluding hydrogens is 281 g/mol. The van der Waals surface area contributed by atoms with Crippen LogP contribution in [0, 0.1) is 0 Å². The second kappa shape index (κ2) is 4.55. The fourth-order valence-electron chi connectivity index (χ4n) is 2.56. The summed E-state index contributed by atoms with van der Waals surface area (Å²) in [6.07, 6.45) is 5.38. The number of hydrogen-bond donors (Lipinski definition) is 0. The smallest absolute Gasteiger partial charge is 0.151 e. The highest BCUT2D eigenvalue weighted by atomic mass is 35.5. The molecule has 1 aromatic rings. The van der Waals surface area contributed by atoms with E-state index in [0.717, 1.165) is 34.4 Å². The Morgan fingerprint density at radius 3 is 2.84 bits per heavy atom. The molecule has 0 N–H and O–H groups in total. The Bertz CT molecular complexity index is 671. The number of hydrogen-bond acceptors (Lipinski definition) is 2. The van der Waals surface area contributed by atoms with Crippen LogP contribution in [0.1, 0.15) is 12.0 Å². The van der Waals surface area contributed by atoms with Crippen LogP contribution in [0.2, 0.25) is 5.02 Å². The molecule has 1 aliphatic heterocycles. The van der Waals surface area contributed by atoms with Gasteiger partial charge in [-0.3, -0.25) is 4.79 Å². The maximum atomic E-state index is 11.5. The van der Waals surface area contributed by atoms with Crippen LogP contribution < -0.4 is 4.90 Å². The Hall–Kier alpha value is -1.51. The second-order valence-electron chi connectivity index (χ2n) is 4.55. The van der Waals surface area contributed by atoms with Gasteiger partial charge in [-0.15, -0.1) is 0 Å². The molecule has 2 nitrogen and oxygen atoms in total. The quantitative estimate of drug-likeness (QED) is 0.725. The molecule has 2 aliphatic rings. The van der Waals surface area contributed by atoms with Gasteiger partial charge in [-0.25, -0.2) is 0 Å². The van der Waals surface area contributed by atoms with Crippen LogP contribution in [0.15, 0.2) is 46.7 Å². The molecule has 19 heavy (non-hydrogen) atoms. The van der Waals surface area contributed by atoms with Crippen molar-refractivity contribution in [3.05, 3.63) is 57.2 Å². The van der Waals surface area contributed by atoms with E-state index in [2.05, 4.69) is 0 Å². The van der Waals surface area contributed by atoms with Crippen molar-refractivity contribution in [1.29, 1.82) is 0 Å². The van der Waals surface area contributed by atoms with Crippen molar-refractivity contribution >= 4 is 40.7 Å². The van der Waals surface area contributed by atoms with Gasteiger partial charge in [-0.1, -0.05) is 35.3 Å². The third-order valence-corrected chi connectivity index (χ3v) is 4.00. The normalized spacial score (nSPS) is 17.5. The molecule has 96 valence electrons. The number of aldehydes is 1. The molecule has 1 heterocycles. The second-order valence-corrected chi connectivity index (χ2v) is 5.43. The summed E-state index contributed by atoms with van der Waals surface area (Å²) in [6.45, 7) is 0. The number of anilines is 1. The Kier molecular flexibility index (Phi) is 3.00. The first-order valence-electron chi connectivity index (χ1n) is 5.91. The third kappa shape index (κ3) is 1.92. The molecule has 0 amide bonds. The van der Waals surface area contributed by atoms with Crippen LogP contribution in [-0.2, 0) is 4.79 Å². The topological polar surface area (TPSA) is 20.3 Å². The maximum Gasteiger partial charge on any atom is 0.151 e. The summed E-state index contributed by atoms with van der Waals surface area (Å²) >= 11 is 12.1. The molecule has 3 rings (SSSR count). The van der Waals surface area contributed by atoms with Crippen molar-refractivity contribution in [2.45, 2.75) is 6.42 Å². The number of halogens is 2. The Morgan fingerprint density at radius 2 is 2.11 bits per heavy atom. The summed E-state index contributed by atoms with van der Waals surface area (Å²) in [6, 6.07) is 5.56. The summed E-state index contributed by atoms with van der Waals surface area (Å²) in [4.78, 5) is 13.5. The minimum Gasteiger partial charge on any atom is -0.344 e. The van der Waals surface area contributed by atoms with Crippen molar-refractivity contribution < 1.29 is 4.79 Å². The van der Waals surface area contributed by atoms with Crippen molar-refractivity contribution in [3.8, 4) is 0 Å². The standard InChI is InChI=1S/C15H11Cl2NO/c1-18-14-6-9(16)2-4-11(14)13(8-19)12-5-3-10(17)7-15(12)18/h2-4,6-8H,5H2,1H3. The lowest BCUT2D eigenvalue weighted by Crippen LogP contribution is -2.25. The minimum atomic E-state index is 0.650. The lowest BCUT2D eigenvalue weighted by atomic mass is 9.88. The number of fused-ring (bicyclic) bond motifs is 2. The van der Waals surface area contributed by atoms with Gasteiger partial charge in [0.1, 0.15) is 0 Å². The number of carbonyl (C=O) groups is 1. The van der Waals surface area contributed by atoms with Gasteiger partial charge in [-0.2, -0.15) is 0 Å². The van der Waals surface area contributed by atoms with Crippen LogP contribution in [0.4, 0.5) is 5.69 Å². The van der Waals surface area contributed by atoms with E-state index >= 15 is 0 Å². The molecule has 1 aliphatic carbocycles. The predicted molar refractivity (Wildman–Crippen MR) is 79.5 cm³/mol. The number of rotatable bonds is 1. The van der Waals surface area contributed by atoms with Gasteiger partial charge in [0.05, 0.1) is 5.69 Å². The largest absolute Gasteiger partial charge is 0.344 e. The fraction of sp³-hybridized carbons (Fsp3) is 0.133. The predicted octanol–water partition coefficient (Wildman–Crippen LogP) is 4.15. The zero-order valence-corrected chi connectivity index (χ0v) is 11.8. The lowest BCUT2D eigenvalue weighted by molar-refractivity contribution is -0.103. The van der Waals surface area contributed by atoms with Crippen LogP contribution >= 0.6 is 23.2 Å². The number of carbonyl (C=O) groups excluding carboxylic acids is 1. The molecule has 0 atom stereocenters. The van der Waals surface area contributed by atoms with E-state index < -0.39 is 0 Å². The van der Waals surface area contributed by atoms with E-state index in [1.165, 1.54) is 0 Å². The van der Waals surface area contributed by atoms with Crippen molar-refractivity contribution in [2.75, 3.05) is 11.9 Å². The van der Waals surface area contributed by atoms with Gasteiger partial charge < -0.3 is 4.90 Å². The molecule has 0 saturated carbocycles. The van der Waals surface area contributed by atoms with E-state index in [-0.39, 0.29) is 0 Å². The Labute approximate surface area is 121 Å². The summed E-state index contributed by atoms with van der Waals surface area (Å²) < 4.78 is 0. The van der Waals surface area contributed by atoms with Gasteiger partial charge >= 0.3 is 0 Å². The first-order chi connectivity index (χ1) is 9.11. The van der Waals surface area contributed by atoms with Gasteiger partial charge in [-0.05, 0) is 30.2 Å². The third-order valence-electron chi connectivity index (χ3n) is 3.50. The molecule has 0 bridgehead atoms. The molecular formula is C15H11Cl2NO.